The molecule has 1 unspecified atom stereocenters. The van der Waals surface area contributed by atoms with Gasteiger partial charge in [0.05, 0.1) is 13.2 Å². The number of hydrogen-bond acceptors (Lipinski definition) is 4. The normalized spacial score (nSPS) is 20.8. The van der Waals surface area contributed by atoms with E-state index in [2.05, 4.69) is 11.5 Å². The Morgan fingerprint density at radius 3 is 2.63 bits per heavy atom. The molecule has 0 spiro atoms. The number of nitrogens with zero attached hydrogens (tertiary/aromatic N) is 3. The highest BCUT2D eigenvalue weighted by Gasteiger charge is 2.32. The molecular weight excluding hydrogens is 342 g/mol. The molecule has 1 aromatic carbocycles. The van der Waals surface area contributed by atoms with E-state index in [1.165, 1.54) is 11.5 Å². The van der Waals surface area contributed by atoms with Crippen molar-refractivity contribution in [2.75, 3.05) is 33.4 Å². The maximum atomic E-state index is 12.9. The summed E-state index contributed by atoms with van der Waals surface area (Å²) in [4.78, 5) is 19.6. The number of hydrogen-bond donors (Lipinski definition) is 0. The molecule has 0 radical (unpaired) electrons. The molecule has 0 saturated carbocycles. The molecule has 6 nitrogen and oxygen atoms in total. The van der Waals surface area contributed by atoms with Gasteiger partial charge >= 0.3 is 0 Å². The number of ether oxygens (including phenoxy) is 2. The fourth-order valence-corrected chi connectivity index (χ4v) is 4.25. The average molecular weight is 369 g/mol. The molecule has 27 heavy (non-hydrogen) atoms. The second-order valence-electron chi connectivity index (χ2n) is 7.44. The van der Waals surface area contributed by atoms with Crippen molar-refractivity contribution in [2.24, 2.45) is 0 Å². The number of carbonyl (C=O) groups excluding carboxylic acids is 1. The minimum Gasteiger partial charge on any atom is -0.497 e. The SMILES string of the molecule is COc1ccc(C(=O)N2CCC(n3c(C)cnc3C3CCOCC3)C2)cc1. The van der Waals surface area contributed by atoms with Crippen molar-refractivity contribution < 1.29 is 14.3 Å². The van der Waals surface area contributed by atoms with Gasteiger partial charge in [0.25, 0.3) is 5.91 Å². The van der Waals surface area contributed by atoms with E-state index in [0.717, 1.165) is 51.3 Å². The summed E-state index contributed by atoms with van der Waals surface area (Å²) < 4.78 is 13.1. The zero-order chi connectivity index (χ0) is 18.8. The van der Waals surface area contributed by atoms with Gasteiger partial charge in [0, 0.05) is 49.7 Å². The van der Waals surface area contributed by atoms with Gasteiger partial charge in [-0.05, 0) is 50.5 Å². The van der Waals surface area contributed by atoms with Crippen LogP contribution in [0.4, 0.5) is 0 Å². The monoisotopic (exact) mass is 369 g/mol. The number of methoxy groups -OCH3 is 1. The standard InChI is InChI=1S/C21H27N3O3/c1-15-13-22-20(16-8-11-27-12-9-16)24(15)18-7-10-23(14-18)21(25)17-3-5-19(26-2)6-4-17/h3-6,13,16,18H,7-12,14H2,1-2H3. The van der Waals surface area contributed by atoms with Gasteiger partial charge in [0.15, 0.2) is 0 Å². The van der Waals surface area contributed by atoms with Crippen LogP contribution in [0.1, 0.15) is 53.1 Å². The van der Waals surface area contributed by atoms with Gasteiger partial charge in [0.2, 0.25) is 0 Å². The predicted octanol–water partition coefficient (Wildman–Crippen LogP) is 3.18. The van der Waals surface area contributed by atoms with Gasteiger partial charge in [-0.15, -0.1) is 0 Å². The summed E-state index contributed by atoms with van der Waals surface area (Å²) in [5.41, 5.74) is 1.89. The zero-order valence-corrected chi connectivity index (χ0v) is 16.1. The first-order valence-corrected chi connectivity index (χ1v) is 9.72. The first kappa shape index (κ1) is 18.0. The lowest BCUT2D eigenvalue weighted by atomic mass is 9.99. The maximum Gasteiger partial charge on any atom is 0.253 e. The van der Waals surface area contributed by atoms with E-state index >= 15 is 0 Å². The molecule has 1 aromatic heterocycles. The van der Waals surface area contributed by atoms with Crippen molar-refractivity contribution in [3.8, 4) is 5.75 Å². The number of carbonyl (C=O) groups is 1. The van der Waals surface area contributed by atoms with Gasteiger partial charge in [-0.1, -0.05) is 0 Å². The topological polar surface area (TPSA) is 56.6 Å². The van der Waals surface area contributed by atoms with Gasteiger partial charge in [-0.3, -0.25) is 4.79 Å². The third-order valence-corrected chi connectivity index (χ3v) is 5.75. The van der Waals surface area contributed by atoms with Gasteiger partial charge < -0.3 is 18.9 Å². The Labute approximate surface area is 160 Å². The molecule has 4 rings (SSSR count). The summed E-state index contributed by atoms with van der Waals surface area (Å²) in [6.45, 7) is 5.25. The van der Waals surface area contributed by atoms with Crippen LogP contribution in [-0.2, 0) is 4.74 Å². The summed E-state index contributed by atoms with van der Waals surface area (Å²) in [6.07, 6.45) is 4.99. The summed E-state index contributed by atoms with van der Waals surface area (Å²) in [5, 5.41) is 0. The van der Waals surface area contributed by atoms with Crippen LogP contribution in [0.3, 0.4) is 0 Å². The molecular formula is C21H27N3O3. The number of imidazole rings is 1. The van der Waals surface area contributed by atoms with Gasteiger partial charge in [-0.25, -0.2) is 4.98 Å². The molecule has 1 atom stereocenters. The van der Waals surface area contributed by atoms with E-state index in [9.17, 15) is 4.79 Å². The highest BCUT2D eigenvalue weighted by molar-refractivity contribution is 5.94. The van der Waals surface area contributed by atoms with E-state index in [4.69, 9.17) is 14.5 Å². The lowest BCUT2D eigenvalue weighted by Gasteiger charge is -2.26. The molecule has 2 aliphatic rings. The molecule has 2 fully saturated rings. The Morgan fingerprint density at radius 1 is 1.19 bits per heavy atom. The number of likely N-dealkylation sites (tertiary alicyclic amines) is 1. The Bertz CT molecular complexity index is 794. The van der Waals surface area contributed by atoms with E-state index < -0.39 is 0 Å². The van der Waals surface area contributed by atoms with E-state index in [0.29, 0.717) is 17.5 Å². The molecule has 144 valence electrons. The first-order valence-electron chi connectivity index (χ1n) is 9.72. The maximum absolute atomic E-state index is 12.9. The van der Waals surface area contributed by atoms with Crippen LogP contribution in [0.25, 0.3) is 0 Å². The van der Waals surface area contributed by atoms with Crippen molar-refractivity contribution in [2.45, 2.75) is 38.1 Å². The molecule has 6 heteroatoms. The van der Waals surface area contributed by atoms with Crippen LogP contribution in [0.5, 0.6) is 5.75 Å². The van der Waals surface area contributed by atoms with Gasteiger partial charge in [-0.2, -0.15) is 0 Å². The van der Waals surface area contributed by atoms with Crippen molar-refractivity contribution >= 4 is 5.91 Å². The van der Waals surface area contributed by atoms with Crippen molar-refractivity contribution in [3.05, 3.63) is 47.5 Å². The molecule has 1 amide bonds. The number of rotatable bonds is 4. The molecule has 2 aromatic rings. The Balaban J connectivity index is 1.49. The number of aromatic nitrogens is 2. The molecule has 0 N–H and O–H groups in total. The zero-order valence-electron chi connectivity index (χ0n) is 16.1. The Hall–Kier alpha value is -2.34. The van der Waals surface area contributed by atoms with Crippen LogP contribution in [0.15, 0.2) is 30.5 Å². The Kier molecular flexibility index (Phi) is 5.16. The molecule has 3 heterocycles. The Morgan fingerprint density at radius 2 is 1.93 bits per heavy atom. The molecule has 2 aliphatic heterocycles. The van der Waals surface area contributed by atoms with Crippen LogP contribution < -0.4 is 4.74 Å². The highest BCUT2D eigenvalue weighted by atomic mass is 16.5. The van der Waals surface area contributed by atoms with Crippen LogP contribution in [0, 0.1) is 6.92 Å². The van der Waals surface area contributed by atoms with Crippen LogP contribution >= 0.6 is 0 Å². The van der Waals surface area contributed by atoms with Crippen LogP contribution in [-0.4, -0.2) is 53.8 Å². The highest BCUT2D eigenvalue weighted by Crippen LogP contribution is 2.32. The smallest absolute Gasteiger partial charge is 0.253 e. The molecule has 0 bridgehead atoms. The van der Waals surface area contributed by atoms with Crippen molar-refractivity contribution in [1.82, 2.24) is 14.5 Å². The fraction of sp³-hybridized carbons (Fsp3) is 0.524. The van der Waals surface area contributed by atoms with E-state index in [1.807, 2.05) is 35.4 Å². The minimum atomic E-state index is 0.0885. The predicted molar refractivity (Wildman–Crippen MR) is 102 cm³/mol. The summed E-state index contributed by atoms with van der Waals surface area (Å²) >= 11 is 0. The third-order valence-electron chi connectivity index (χ3n) is 5.75. The number of benzene rings is 1. The second kappa shape index (κ2) is 7.72. The quantitative estimate of drug-likeness (QED) is 0.831. The number of aryl methyl sites for hydroxylation is 1. The summed E-state index contributed by atoms with van der Waals surface area (Å²) in [5.74, 6) is 2.48. The number of amides is 1. The fourth-order valence-electron chi connectivity index (χ4n) is 4.25. The second-order valence-corrected chi connectivity index (χ2v) is 7.44. The minimum absolute atomic E-state index is 0.0885. The lowest BCUT2D eigenvalue weighted by Crippen LogP contribution is -2.29. The average Bonchev–Trinajstić information content (AvgIpc) is 3.34. The summed E-state index contributed by atoms with van der Waals surface area (Å²) in [7, 11) is 1.63. The van der Waals surface area contributed by atoms with Crippen LogP contribution in [0.2, 0.25) is 0 Å². The van der Waals surface area contributed by atoms with Gasteiger partial charge in [0.1, 0.15) is 11.6 Å². The third kappa shape index (κ3) is 3.58. The van der Waals surface area contributed by atoms with Crippen molar-refractivity contribution in [3.63, 3.8) is 0 Å². The molecule has 2 saturated heterocycles. The summed E-state index contributed by atoms with van der Waals surface area (Å²) in [6, 6.07) is 7.65. The molecule has 0 aliphatic carbocycles. The lowest BCUT2D eigenvalue weighted by molar-refractivity contribution is 0.0784. The largest absolute Gasteiger partial charge is 0.497 e. The first-order chi connectivity index (χ1) is 13.2. The van der Waals surface area contributed by atoms with E-state index in [1.54, 1.807) is 7.11 Å². The van der Waals surface area contributed by atoms with Crippen molar-refractivity contribution in [1.29, 1.82) is 0 Å². The van der Waals surface area contributed by atoms with E-state index in [-0.39, 0.29) is 5.91 Å².